The number of rotatable bonds is 2. The van der Waals surface area contributed by atoms with Gasteiger partial charge in [-0.05, 0) is 13.0 Å². The molecule has 0 aliphatic heterocycles. The van der Waals surface area contributed by atoms with Crippen molar-refractivity contribution in [1.82, 2.24) is 0 Å². The molecular weight excluding hydrogens is 233 g/mol. The molecule has 0 N–H and O–H groups in total. The molecule has 17 heavy (non-hydrogen) atoms. The maximum atomic E-state index is 13.4. The van der Waals surface area contributed by atoms with Gasteiger partial charge in [0.2, 0.25) is 5.78 Å². The number of hydrogen-bond donors (Lipinski definition) is 0. The molecule has 0 saturated heterocycles. The van der Waals surface area contributed by atoms with E-state index in [1.807, 2.05) is 0 Å². The predicted octanol–water partition coefficient (Wildman–Crippen LogP) is 3.24. The second-order valence-corrected chi connectivity index (χ2v) is 3.46. The highest BCUT2D eigenvalue weighted by molar-refractivity contribution is 6.09. The Morgan fingerprint density at radius 3 is 2.24 bits per heavy atom. The van der Waals surface area contributed by atoms with Crippen molar-refractivity contribution in [1.29, 1.82) is 0 Å². The molecule has 1 heterocycles. The van der Waals surface area contributed by atoms with Gasteiger partial charge in [-0.2, -0.15) is 0 Å². The lowest BCUT2D eigenvalue weighted by atomic mass is 10.0. The Morgan fingerprint density at radius 1 is 1.18 bits per heavy atom. The van der Waals surface area contributed by atoms with Crippen molar-refractivity contribution < 1.29 is 22.4 Å². The Kier molecular flexibility index (Phi) is 2.75. The van der Waals surface area contributed by atoms with Gasteiger partial charge in [0.15, 0.2) is 0 Å². The summed E-state index contributed by atoms with van der Waals surface area (Å²) in [5, 5.41) is 0. The van der Waals surface area contributed by atoms with E-state index in [0.717, 1.165) is 0 Å². The second kappa shape index (κ2) is 4.08. The van der Waals surface area contributed by atoms with E-state index in [-0.39, 0.29) is 11.3 Å². The third-order valence-electron chi connectivity index (χ3n) is 2.34. The van der Waals surface area contributed by atoms with Crippen LogP contribution in [0.3, 0.4) is 0 Å². The molecule has 0 spiro atoms. The van der Waals surface area contributed by atoms with Crippen LogP contribution in [-0.2, 0) is 0 Å². The van der Waals surface area contributed by atoms with Crippen molar-refractivity contribution >= 4 is 5.78 Å². The van der Waals surface area contributed by atoms with Gasteiger partial charge < -0.3 is 4.42 Å². The minimum Gasteiger partial charge on any atom is -0.469 e. The molecule has 1 aromatic heterocycles. The molecule has 0 atom stereocenters. The Labute approximate surface area is 94.7 Å². The molecule has 0 aliphatic carbocycles. The largest absolute Gasteiger partial charge is 0.469 e. The zero-order valence-corrected chi connectivity index (χ0v) is 8.76. The van der Waals surface area contributed by atoms with Crippen LogP contribution < -0.4 is 0 Å². The van der Waals surface area contributed by atoms with Gasteiger partial charge in [-0.25, -0.2) is 13.2 Å². The van der Waals surface area contributed by atoms with Crippen molar-refractivity contribution in [3.63, 3.8) is 0 Å². The minimum atomic E-state index is -1.23. The number of carbonyl (C=O) groups excluding carboxylic acids is 1. The van der Waals surface area contributed by atoms with E-state index in [9.17, 15) is 18.0 Å². The Morgan fingerprint density at radius 2 is 1.76 bits per heavy atom. The van der Waals surface area contributed by atoms with E-state index in [4.69, 9.17) is 4.42 Å². The molecule has 2 nitrogen and oxygen atoms in total. The smallest absolute Gasteiger partial charge is 0.202 e. The maximum absolute atomic E-state index is 13.4. The van der Waals surface area contributed by atoms with Crippen LogP contribution in [0.5, 0.6) is 0 Å². The third-order valence-corrected chi connectivity index (χ3v) is 2.34. The molecule has 0 unspecified atom stereocenters. The lowest BCUT2D eigenvalue weighted by Gasteiger charge is -2.03. The molecule has 0 radical (unpaired) electrons. The van der Waals surface area contributed by atoms with Gasteiger partial charge in [0.25, 0.3) is 0 Å². The lowest BCUT2D eigenvalue weighted by Crippen LogP contribution is -2.08. The van der Waals surface area contributed by atoms with Crippen LogP contribution in [0.4, 0.5) is 13.2 Å². The Balaban J connectivity index is 2.56. The van der Waals surface area contributed by atoms with Crippen LogP contribution in [0.1, 0.15) is 21.7 Å². The summed E-state index contributed by atoms with van der Waals surface area (Å²) >= 11 is 0. The molecule has 88 valence electrons. The summed E-state index contributed by atoms with van der Waals surface area (Å²) in [5.41, 5.74) is -0.731. The van der Waals surface area contributed by atoms with Gasteiger partial charge in [0, 0.05) is 12.1 Å². The SMILES string of the molecule is Cc1occc1C(=O)c1c(F)cc(F)cc1F. The van der Waals surface area contributed by atoms with E-state index in [1.54, 1.807) is 0 Å². The molecule has 2 aromatic rings. The Bertz CT molecular complexity index is 564. The molecule has 5 heteroatoms. The zero-order valence-electron chi connectivity index (χ0n) is 8.76. The Hall–Kier alpha value is -2.04. The molecule has 0 saturated carbocycles. The first-order valence-electron chi connectivity index (χ1n) is 4.74. The first kappa shape index (κ1) is 11.4. The van der Waals surface area contributed by atoms with Crippen molar-refractivity contribution in [2.75, 3.05) is 0 Å². The number of hydrogen-bond acceptors (Lipinski definition) is 2. The van der Waals surface area contributed by atoms with E-state index in [2.05, 4.69) is 0 Å². The maximum Gasteiger partial charge on any atom is 0.202 e. The summed E-state index contributed by atoms with van der Waals surface area (Å²) in [5.74, 6) is -4.15. The molecule has 0 bridgehead atoms. The first-order chi connectivity index (χ1) is 8.00. The average molecular weight is 240 g/mol. The fourth-order valence-corrected chi connectivity index (χ4v) is 1.51. The normalized spacial score (nSPS) is 10.6. The second-order valence-electron chi connectivity index (χ2n) is 3.46. The topological polar surface area (TPSA) is 30.2 Å². The summed E-state index contributed by atoms with van der Waals surface area (Å²) in [6.07, 6.45) is 1.24. The van der Waals surface area contributed by atoms with Crippen molar-refractivity contribution in [2.45, 2.75) is 6.92 Å². The van der Waals surface area contributed by atoms with Crippen LogP contribution in [-0.4, -0.2) is 5.78 Å². The standard InChI is InChI=1S/C12H7F3O2/c1-6-8(2-3-17-6)12(16)11-9(14)4-7(13)5-10(11)15/h2-5H,1H3. The van der Waals surface area contributed by atoms with Gasteiger partial charge >= 0.3 is 0 Å². The number of halogens is 3. The van der Waals surface area contributed by atoms with Gasteiger partial charge in [-0.1, -0.05) is 0 Å². The number of benzene rings is 1. The molecular formula is C12H7F3O2. The first-order valence-corrected chi connectivity index (χ1v) is 4.74. The van der Waals surface area contributed by atoms with E-state index < -0.39 is 28.8 Å². The summed E-state index contributed by atoms with van der Waals surface area (Å²) < 4.78 is 44.3. The van der Waals surface area contributed by atoms with Crippen molar-refractivity contribution in [2.24, 2.45) is 0 Å². The molecule has 2 rings (SSSR count). The lowest BCUT2D eigenvalue weighted by molar-refractivity contribution is 0.102. The third kappa shape index (κ3) is 1.95. The van der Waals surface area contributed by atoms with Gasteiger partial charge in [0.1, 0.15) is 23.2 Å². The van der Waals surface area contributed by atoms with Crippen LogP contribution in [0.2, 0.25) is 0 Å². The fourth-order valence-electron chi connectivity index (χ4n) is 1.51. The summed E-state index contributed by atoms with van der Waals surface area (Å²) in [6, 6.07) is 2.23. The number of furan rings is 1. The number of aryl methyl sites for hydroxylation is 1. The fraction of sp³-hybridized carbons (Fsp3) is 0.0833. The van der Waals surface area contributed by atoms with Crippen LogP contribution in [0.25, 0.3) is 0 Å². The molecule has 0 aliphatic rings. The molecule has 1 aromatic carbocycles. The molecule has 0 fully saturated rings. The van der Waals surface area contributed by atoms with Gasteiger partial charge in [-0.15, -0.1) is 0 Å². The van der Waals surface area contributed by atoms with Gasteiger partial charge in [0.05, 0.1) is 17.4 Å². The predicted molar refractivity (Wildman–Crippen MR) is 53.2 cm³/mol. The highest BCUT2D eigenvalue weighted by atomic mass is 19.1. The quantitative estimate of drug-likeness (QED) is 0.754. The van der Waals surface area contributed by atoms with Crippen molar-refractivity contribution in [3.8, 4) is 0 Å². The minimum absolute atomic E-state index is 0.0504. The van der Waals surface area contributed by atoms with Crippen LogP contribution in [0.15, 0.2) is 28.9 Å². The average Bonchev–Trinajstić information content (AvgIpc) is 2.62. The van der Waals surface area contributed by atoms with Crippen LogP contribution >= 0.6 is 0 Å². The van der Waals surface area contributed by atoms with E-state index >= 15 is 0 Å². The zero-order chi connectivity index (χ0) is 12.6. The number of ketones is 1. The van der Waals surface area contributed by atoms with E-state index in [1.165, 1.54) is 19.3 Å². The summed E-state index contributed by atoms with van der Waals surface area (Å²) in [4.78, 5) is 11.8. The monoisotopic (exact) mass is 240 g/mol. The number of carbonyl (C=O) groups is 1. The molecule has 0 amide bonds. The van der Waals surface area contributed by atoms with Crippen LogP contribution in [0, 0.1) is 24.4 Å². The van der Waals surface area contributed by atoms with Gasteiger partial charge in [-0.3, -0.25) is 4.79 Å². The van der Waals surface area contributed by atoms with Crippen molar-refractivity contribution in [3.05, 3.63) is 58.8 Å². The highest BCUT2D eigenvalue weighted by Crippen LogP contribution is 2.21. The highest BCUT2D eigenvalue weighted by Gasteiger charge is 2.22. The van der Waals surface area contributed by atoms with E-state index in [0.29, 0.717) is 12.1 Å². The summed E-state index contributed by atoms with van der Waals surface area (Å²) in [6.45, 7) is 1.49. The summed E-state index contributed by atoms with van der Waals surface area (Å²) in [7, 11) is 0.